The molecular weight excluding hydrogens is 396 g/mol. The Kier molecular flexibility index (Phi) is 5.96. The van der Waals surface area contributed by atoms with Crippen molar-refractivity contribution >= 4 is 33.4 Å². The van der Waals surface area contributed by atoms with E-state index >= 15 is 0 Å². The summed E-state index contributed by atoms with van der Waals surface area (Å²) in [6.07, 6.45) is 2.19. The van der Waals surface area contributed by atoms with Gasteiger partial charge < -0.3 is 9.47 Å². The van der Waals surface area contributed by atoms with E-state index < -0.39 is 10.0 Å². The number of fused-ring (bicyclic) bond motifs is 1. The molecule has 0 amide bonds. The summed E-state index contributed by atoms with van der Waals surface area (Å²) in [6.45, 7) is 1.19. The fourth-order valence-electron chi connectivity index (χ4n) is 2.34. The van der Waals surface area contributed by atoms with Gasteiger partial charge >= 0.3 is 0 Å². The minimum absolute atomic E-state index is 0.172. The Hall–Kier alpha value is -1.48. The van der Waals surface area contributed by atoms with Crippen LogP contribution in [0.25, 0.3) is 0 Å². The third-order valence-corrected chi connectivity index (χ3v) is 6.83. The molecule has 0 unspecified atom stereocenters. The van der Waals surface area contributed by atoms with E-state index in [4.69, 9.17) is 21.1 Å². The van der Waals surface area contributed by atoms with Gasteiger partial charge in [-0.3, -0.25) is 0 Å². The highest BCUT2D eigenvalue weighted by molar-refractivity contribution is 7.98. The number of halogens is 1. The molecular formula is C17H19ClN2O4S2. The van der Waals surface area contributed by atoms with Gasteiger partial charge in [-0.2, -0.15) is 0 Å². The molecule has 1 aromatic carbocycles. The maximum absolute atomic E-state index is 12.1. The third kappa shape index (κ3) is 4.25. The van der Waals surface area contributed by atoms with Crippen LogP contribution in [0.5, 0.6) is 11.5 Å². The van der Waals surface area contributed by atoms with Crippen molar-refractivity contribution in [3.8, 4) is 11.5 Å². The highest BCUT2D eigenvalue weighted by Crippen LogP contribution is 2.39. The summed E-state index contributed by atoms with van der Waals surface area (Å²) in [5, 5.41) is 1.26. The predicted molar refractivity (Wildman–Crippen MR) is 102 cm³/mol. The summed E-state index contributed by atoms with van der Waals surface area (Å²) < 4.78 is 36.6. The number of nitrogens with zero attached hydrogens (tertiary/aromatic N) is 2. The number of pyridine rings is 1. The van der Waals surface area contributed by atoms with Gasteiger partial charge in [-0.25, -0.2) is 17.7 Å². The second-order valence-corrected chi connectivity index (χ2v) is 9.42. The average molecular weight is 415 g/mol. The van der Waals surface area contributed by atoms with Gasteiger partial charge in [0.25, 0.3) is 0 Å². The Morgan fingerprint density at radius 3 is 2.69 bits per heavy atom. The van der Waals surface area contributed by atoms with E-state index in [0.29, 0.717) is 35.5 Å². The fraction of sp³-hybridized carbons (Fsp3) is 0.353. The maximum Gasteiger partial charge on any atom is 0.244 e. The van der Waals surface area contributed by atoms with Crippen LogP contribution in [0.4, 0.5) is 0 Å². The number of rotatable bonds is 5. The molecule has 9 heteroatoms. The van der Waals surface area contributed by atoms with Crippen molar-refractivity contribution in [3.63, 3.8) is 0 Å². The van der Waals surface area contributed by atoms with Gasteiger partial charge in [0.05, 0.1) is 23.3 Å². The van der Waals surface area contributed by atoms with Crippen LogP contribution < -0.4 is 9.47 Å². The van der Waals surface area contributed by atoms with E-state index in [1.54, 1.807) is 12.1 Å². The van der Waals surface area contributed by atoms with Crippen molar-refractivity contribution in [3.05, 3.63) is 41.0 Å². The van der Waals surface area contributed by atoms with Crippen molar-refractivity contribution in [2.75, 3.05) is 27.3 Å². The summed E-state index contributed by atoms with van der Waals surface area (Å²) in [5.41, 5.74) is 0.982. The molecule has 0 bridgehead atoms. The van der Waals surface area contributed by atoms with E-state index in [1.165, 1.54) is 32.1 Å². The second-order valence-electron chi connectivity index (χ2n) is 5.86. The van der Waals surface area contributed by atoms with Crippen LogP contribution in [0.3, 0.4) is 0 Å². The number of benzene rings is 1. The number of ether oxygens (including phenoxy) is 2. The normalized spacial score (nSPS) is 14.3. The van der Waals surface area contributed by atoms with Gasteiger partial charge in [-0.05, 0) is 29.8 Å². The van der Waals surface area contributed by atoms with Crippen molar-refractivity contribution in [1.29, 1.82) is 0 Å². The highest BCUT2D eigenvalue weighted by Gasteiger charge is 2.18. The van der Waals surface area contributed by atoms with Crippen LogP contribution in [0.2, 0.25) is 5.02 Å². The quantitative estimate of drug-likeness (QED) is 0.698. The van der Waals surface area contributed by atoms with Crippen LogP contribution >= 0.6 is 23.4 Å². The molecule has 1 aliphatic rings. The van der Waals surface area contributed by atoms with Gasteiger partial charge in [0.1, 0.15) is 4.90 Å². The van der Waals surface area contributed by atoms with Crippen molar-refractivity contribution in [1.82, 2.24) is 9.29 Å². The van der Waals surface area contributed by atoms with E-state index in [2.05, 4.69) is 4.98 Å². The summed E-state index contributed by atoms with van der Waals surface area (Å²) in [7, 11) is -0.483. The first-order chi connectivity index (χ1) is 12.4. The van der Waals surface area contributed by atoms with Crippen LogP contribution in [-0.4, -0.2) is 45.0 Å². The lowest BCUT2D eigenvalue weighted by molar-refractivity contribution is 0.297. The predicted octanol–water partition coefficient (Wildman–Crippen LogP) is 3.44. The van der Waals surface area contributed by atoms with E-state index in [-0.39, 0.29) is 4.90 Å². The number of hydrogen-bond donors (Lipinski definition) is 0. The standard InChI is InChI=1S/C17H19ClN2O4S2/c1-20(2)26(21,22)13-4-5-16(19-10-13)25-11-12-8-14(18)17-15(9-12)23-6-3-7-24-17/h4-5,8-10H,3,6-7,11H2,1-2H3. The minimum atomic E-state index is -3.47. The molecule has 3 rings (SSSR count). The second kappa shape index (κ2) is 8.04. The Balaban J connectivity index is 1.71. The molecule has 1 aliphatic heterocycles. The fourth-order valence-corrected chi connectivity index (χ4v) is 4.25. The summed E-state index contributed by atoms with van der Waals surface area (Å²) in [4.78, 5) is 4.41. The van der Waals surface area contributed by atoms with Crippen LogP contribution in [0.15, 0.2) is 40.4 Å². The zero-order valence-electron chi connectivity index (χ0n) is 14.4. The molecule has 0 spiro atoms. The average Bonchev–Trinajstić information content (AvgIpc) is 2.86. The smallest absolute Gasteiger partial charge is 0.244 e. The molecule has 2 heterocycles. The lowest BCUT2D eigenvalue weighted by Crippen LogP contribution is -2.22. The van der Waals surface area contributed by atoms with Crippen molar-refractivity contribution in [2.24, 2.45) is 0 Å². The number of thioether (sulfide) groups is 1. The number of aromatic nitrogens is 1. The lowest BCUT2D eigenvalue weighted by Gasteiger charge is -2.12. The van der Waals surface area contributed by atoms with Gasteiger partial charge in [-0.15, -0.1) is 11.8 Å². The molecule has 0 saturated carbocycles. The molecule has 1 aromatic heterocycles. The maximum atomic E-state index is 12.1. The SMILES string of the molecule is CN(C)S(=O)(=O)c1ccc(SCc2cc(Cl)c3c(c2)OCCCO3)nc1. The topological polar surface area (TPSA) is 68.7 Å². The lowest BCUT2D eigenvalue weighted by atomic mass is 10.2. The molecule has 0 saturated heterocycles. The van der Waals surface area contributed by atoms with Crippen LogP contribution in [-0.2, 0) is 15.8 Å². The van der Waals surface area contributed by atoms with Crippen molar-refractivity contribution in [2.45, 2.75) is 22.1 Å². The Bertz CT molecular complexity index is 886. The Morgan fingerprint density at radius 2 is 2.00 bits per heavy atom. The van der Waals surface area contributed by atoms with Crippen LogP contribution in [0, 0.1) is 0 Å². The van der Waals surface area contributed by atoms with Gasteiger partial charge in [0, 0.05) is 32.5 Å². The molecule has 0 N–H and O–H groups in total. The molecule has 26 heavy (non-hydrogen) atoms. The van der Waals surface area contributed by atoms with E-state index in [9.17, 15) is 8.42 Å². The first kappa shape index (κ1) is 19.3. The molecule has 6 nitrogen and oxygen atoms in total. The summed E-state index contributed by atoms with van der Waals surface area (Å²) >= 11 is 7.79. The monoisotopic (exact) mass is 414 g/mol. The largest absolute Gasteiger partial charge is 0.489 e. The summed E-state index contributed by atoms with van der Waals surface area (Å²) in [5.74, 6) is 1.88. The first-order valence-corrected chi connectivity index (χ1v) is 10.8. The van der Waals surface area contributed by atoms with Crippen molar-refractivity contribution < 1.29 is 17.9 Å². The van der Waals surface area contributed by atoms with Gasteiger partial charge in [0.2, 0.25) is 10.0 Å². The van der Waals surface area contributed by atoms with E-state index in [0.717, 1.165) is 21.3 Å². The Morgan fingerprint density at radius 1 is 1.23 bits per heavy atom. The molecule has 0 radical (unpaired) electrons. The molecule has 0 aliphatic carbocycles. The Labute approximate surface area is 162 Å². The van der Waals surface area contributed by atoms with E-state index in [1.807, 2.05) is 12.1 Å². The van der Waals surface area contributed by atoms with Gasteiger partial charge in [0.15, 0.2) is 11.5 Å². The molecule has 0 atom stereocenters. The highest BCUT2D eigenvalue weighted by atomic mass is 35.5. The molecule has 0 fully saturated rings. The molecule has 140 valence electrons. The zero-order valence-corrected chi connectivity index (χ0v) is 16.8. The molecule has 2 aromatic rings. The van der Waals surface area contributed by atoms with Crippen LogP contribution in [0.1, 0.15) is 12.0 Å². The number of sulfonamides is 1. The van der Waals surface area contributed by atoms with Gasteiger partial charge in [-0.1, -0.05) is 11.6 Å². The third-order valence-electron chi connectivity index (χ3n) is 3.74. The summed E-state index contributed by atoms with van der Waals surface area (Å²) in [6, 6.07) is 7.04. The minimum Gasteiger partial charge on any atom is -0.489 e. The first-order valence-electron chi connectivity index (χ1n) is 7.97. The zero-order chi connectivity index (χ0) is 18.7. The number of hydrogen-bond acceptors (Lipinski definition) is 6.